The van der Waals surface area contributed by atoms with Gasteiger partial charge in [-0.2, -0.15) is 0 Å². The van der Waals surface area contributed by atoms with Gasteiger partial charge in [-0.1, -0.05) is 0 Å². The smallest absolute Gasteiger partial charge is 0.227 e. The highest BCUT2D eigenvalue weighted by Crippen LogP contribution is 2.33. The summed E-state index contributed by atoms with van der Waals surface area (Å²) in [7, 11) is 1.62. The molecule has 3 rings (SSSR count). The van der Waals surface area contributed by atoms with Crippen LogP contribution < -0.4 is 9.47 Å². The molecule has 106 valence electrons. The Kier molecular flexibility index (Phi) is 3.75. The van der Waals surface area contributed by atoms with Gasteiger partial charge in [0.25, 0.3) is 0 Å². The zero-order chi connectivity index (χ0) is 14.8. The van der Waals surface area contributed by atoms with Crippen molar-refractivity contribution in [2.24, 2.45) is 0 Å². The van der Waals surface area contributed by atoms with Gasteiger partial charge in [0.2, 0.25) is 5.88 Å². The Bertz CT molecular complexity index is 807. The molecule has 0 N–H and O–H groups in total. The molecule has 0 unspecified atom stereocenters. The number of benzene rings is 2. The average molecular weight is 348 g/mol. The summed E-state index contributed by atoms with van der Waals surface area (Å²) in [5.74, 6) is 1.40. The number of fused-ring (bicyclic) bond motifs is 1. The molecule has 0 radical (unpaired) electrons. The van der Waals surface area contributed by atoms with Crippen molar-refractivity contribution in [3.8, 4) is 17.4 Å². The van der Waals surface area contributed by atoms with Gasteiger partial charge in [-0.3, -0.25) is 0 Å². The highest BCUT2D eigenvalue weighted by atomic mass is 79.9. The van der Waals surface area contributed by atoms with E-state index in [0.29, 0.717) is 16.1 Å². The van der Waals surface area contributed by atoms with E-state index in [4.69, 9.17) is 9.47 Å². The molecule has 5 heteroatoms. The van der Waals surface area contributed by atoms with Crippen LogP contribution in [0.1, 0.15) is 0 Å². The first kappa shape index (κ1) is 13.8. The number of ether oxygens (including phenoxy) is 2. The maximum absolute atomic E-state index is 13.1. The fraction of sp³-hybridized carbons (Fsp3) is 0.0625. The first-order valence-electron chi connectivity index (χ1n) is 6.23. The van der Waals surface area contributed by atoms with Crippen molar-refractivity contribution in [1.82, 2.24) is 4.98 Å². The quantitative estimate of drug-likeness (QED) is 0.672. The molecular formula is C16H11BrFNO2. The van der Waals surface area contributed by atoms with Crippen LogP contribution in [0.15, 0.2) is 53.1 Å². The van der Waals surface area contributed by atoms with E-state index in [1.807, 2.05) is 24.3 Å². The maximum atomic E-state index is 13.1. The number of hydrogen-bond acceptors (Lipinski definition) is 3. The normalized spacial score (nSPS) is 10.6. The van der Waals surface area contributed by atoms with Gasteiger partial charge in [-0.15, -0.1) is 0 Å². The highest BCUT2D eigenvalue weighted by Gasteiger charge is 2.09. The summed E-state index contributed by atoms with van der Waals surface area (Å²) in [5.41, 5.74) is 0. The van der Waals surface area contributed by atoms with E-state index >= 15 is 0 Å². The van der Waals surface area contributed by atoms with Gasteiger partial charge in [0.1, 0.15) is 17.3 Å². The molecule has 21 heavy (non-hydrogen) atoms. The van der Waals surface area contributed by atoms with E-state index in [1.54, 1.807) is 19.4 Å². The monoisotopic (exact) mass is 347 g/mol. The summed E-state index contributed by atoms with van der Waals surface area (Å²) >= 11 is 3.28. The largest absolute Gasteiger partial charge is 0.497 e. The Hall–Kier alpha value is -2.14. The molecule has 0 fully saturated rings. The standard InChI is InChI=1S/C16H11BrFNO2/c1-20-12-3-4-13-10(8-12)6-7-19-16(13)21-15-5-2-11(18)9-14(15)17/h2-9H,1H3. The zero-order valence-electron chi connectivity index (χ0n) is 11.1. The van der Waals surface area contributed by atoms with E-state index in [0.717, 1.165) is 16.5 Å². The molecule has 0 saturated heterocycles. The van der Waals surface area contributed by atoms with Gasteiger partial charge >= 0.3 is 0 Å². The lowest BCUT2D eigenvalue weighted by Gasteiger charge is -2.10. The Morgan fingerprint density at radius 3 is 2.71 bits per heavy atom. The molecular weight excluding hydrogens is 337 g/mol. The lowest BCUT2D eigenvalue weighted by atomic mass is 10.1. The third-order valence-corrected chi connectivity index (χ3v) is 3.66. The molecule has 0 atom stereocenters. The minimum atomic E-state index is -0.329. The first-order chi connectivity index (χ1) is 10.2. The van der Waals surface area contributed by atoms with Crippen LogP contribution in [0.4, 0.5) is 4.39 Å². The van der Waals surface area contributed by atoms with Crippen LogP contribution in [0.2, 0.25) is 0 Å². The van der Waals surface area contributed by atoms with Crippen LogP contribution in [-0.2, 0) is 0 Å². The maximum Gasteiger partial charge on any atom is 0.227 e. The lowest BCUT2D eigenvalue weighted by Crippen LogP contribution is -1.91. The highest BCUT2D eigenvalue weighted by molar-refractivity contribution is 9.10. The summed E-state index contributed by atoms with van der Waals surface area (Å²) in [4.78, 5) is 4.24. The predicted octanol–water partition coefficient (Wildman–Crippen LogP) is 4.94. The van der Waals surface area contributed by atoms with E-state index in [9.17, 15) is 4.39 Å². The van der Waals surface area contributed by atoms with Gasteiger partial charge in [-0.05, 0) is 63.8 Å². The van der Waals surface area contributed by atoms with Crippen LogP contribution >= 0.6 is 15.9 Å². The van der Waals surface area contributed by atoms with Gasteiger partial charge in [0, 0.05) is 11.6 Å². The Balaban J connectivity index is 2.04. The van der Waals surface area contributed by atoms with Gasteiger partial charge in [-0.25, -0.2) is 9.37 Å². The number of aromatic nitrogens is 1. The fourth-order valence-electron chi connectivity index (χ4n) is 2.00. The molecule has 3 nitrogen and oxygen atoms in total. The van der Waals surface area contributed by atoms with Crippen molar-refractivity contribution < 1.29 is 13.9 Å². The van der Waals surface area contributed by atoms with Crippen LogP contribution in [0.3, 0.4) is 0 Å². The first-order valence-corrected chi connectivity index (χ1v) is 7.02. The van der Waals surface area contributed by atoms with Crippen molar-refractivity contribution in [3.05, 3.63) is 59.0 Å². The van der Waals surface area contributed by atoms with Gasteiger partial charge in [0.15, 0.2) is 0 Å². The van der Waals surface area contributed by atoms with Crippen molar-refractivity contribution in [3.63, 3.8) is 0 Å². The van der Waals surface area contributed by atoms with Crippen LogP contribution in [0, 0.1) is 5.82 Å². The van der Waals surface area contributed by atoms with Crippen molar-refractivity contribution in [2.45, 2.75) is 0 Å². The van der Waals surface area contributed by atoms with Crippen molar-refractivity contribution in [1.29, 1.82) is 0 Å². The Morgan fingerprint density at radius 1 is 1.10 bits per heavy atom. The lowest BCUT2D eigenvalue weighted by molar-refractivity contribution is 0.415. The van der Waals surface area contributed by atoms with E-state index in [-0.39, 0.29) is 5.82 Å². The Labute approximate surface area is 129 Å². The van der Waals surface area contributed by atoms with Crippen LogP contribution in [-0.4, -0.2) is 12.1 Å². The number of methoxy groups -OCH3 is 1. The summed E-state index contributed by atoms with van der Waals surface area (Å²) in [6, 6.07) is 11.8. The number of halogens is 2. The number of rotatable bonds is 3. The number of hydrogen-bond donors (Lipinski definition) is 0. The second kappa shape index (κ2) is 5.69. The number of pyridine rings is 1. The SMILES string of the molecule is COc1ccc2c(Oc3ccc(F)cc3Br)nccc2c1. The predicted molar refractivity (Wildman–Crippen MR) is 82.5 cm³/mol. The molecule has 0 bridgehead atoms. The topological polar surface area (TPSA) is 31.4 Å². The summed E-state index contributed by atoms with van der Waals surface area (Å²) in [6.07, 6.45) is 1.66. The minimum Gasteiger partial charge on any atom is -0.497 e. The second-order valence-corrected chi connectivity index (χ2v) is 5.23. The fourth-order valence-corrected chi connectivity index (χ4v) is 2.43. The summed E-state index contributed by atoms with van der Waals surface area (Å²) in [5, 5.41) is 1.81. The molecule has 0 saturated carbocycles. The number of nitrogens with zero attached hydrogens (tertiary/aromatic N) is 1. The van der Waals surface area contributed by atoms with E-state index < -0.39 is 0 Å². The molecule has 1 heterocycles. The molecule has 3 aromatic rings. The minimum absolute atomic E-state index is 0.329. The van der Waals surface area contributed by atoms with Crippen LogP contribution in [0.25, 0.3) is 10.8 Å². The van der Waals surface area contributed by atoms with E-state index in [2.05, 4.69) is 20.9 Å². The van der Waals surface area contributed by atoms with E-state index in [1.165, 1.54) is 12.1 Å². The Morgan fingerprint density at radius 2 is 1.95 bits per heavy atom. The second-order valence-electron chi connectivity index (χ2n) is 4.38. The van der Waals surface area contributed by atoms with Crippen LogP contribution in [0.5, 0.6) is 17.4 Å². The molecule has 0 spiro atoms. The summed E-state index contributed by atoms with van der Waals surface area (Å²) < 4.78 is 24.6. The molecule has 2 aromatic carbocycles. The molecule has 0 aliphatic rings. The molecule has 0 amide bonds. The van der Waals surface area contributed by atoms with Gasteiger partial charge in [0.05, 0.1) is 11.6 Å². The average Bonchev–Trinajstić information content (AvgIpc) is 2.49. The third-order valence-electron chi connectivity index (χ3n) is 3.04. The third kappa shape index (κ3) is 2.83. The van der Waals surface area contributed by atoms with Gasteiger partial charge < -0.3 is 9.47 Å². The van der Waals surface area contributed by atoms with Crippen molar-refractivity contribution >= 4 is 26.7 Å². The van der Waals surface area contributed by atoms with Crippen molar-refractivity contribution in [2.75, 3.05) is 7.11 Å². The zero-order valence-corrected chi connectivity index (χ0v) is 12.7. The molecule has 0 aliphatic carbocycles. The molecule has 0 aliphatic heterocycles. The summed E-state index contributed by atoms with van der Waals surface area (Å²) in [6.45, 7) is 0. The molecule has 1 aromatic heterocycles.